The maximum absolute atomic E-state index is 12.0. The molecule has 1 rings (SSSR count). The molecule has 0 aliphatic carbocycles. The predicted octanol–water partition coefficient (Wildman–Crippen LogP) is 2.07. The molecule has 0 spiro atoms. The number of hydrogen-bond acceptors (Lipinski definition) is 4. The summed E-state index contributed by atoms with van der Waals surface area (Å²) >= 11 is 0. The first-order valence-electron chi connectivity index (χ1n) is 5.40. The van der Waals surface area contributed by atoms with Gasteiger partial charge in [0.15, 0.2) is 11.5 Å². The van der Waals surface area contributed by atoms with Crippen molar-refractivity contribution < 1.29 is 23.0 Å². The van der Waals surface area contributed by atoms with Crippen LogP contribution < -0.4 is 19.5 Å². The van der Waals surface area contributed by atoms with Gasteiger partial charge in [0.25, 0.3) is 6.43 Å². The maximum atomic E-state index is 12.0. The van der Waals surface area contributed by atoms with Gasteiger partial charge in [-0.1, -0.05) is 0 Å². The topological polar surface area (TPSA) is 39.7 Å². The summed E-state index contributed by atoms with van der Waals surface area (Å²) in [5, 5.41) is 2.64. The minimum Gasteiger partial charge on any atom is -0.493 e. The number of hydrogen-bond donors (Lipinski definition) is 1. The summed E-state index contributed by atoms with van der Waals surface area (Å²) < 4.78 is 39.5. The van der Waals surface area contributed by atoms with E-state index in [-0.39, 0.29) is 6.54 Å². The molecule has 0 saturated heterocycles. The molecule has 0 heterocycles. The SMILES string of the molecule is COc1cc(CNCC(F)F)cc(OC)c1OC. The number of ether oxygens (including phenoxy) is 3. The van der Waals surface area contributed by atoms with Gasteiger partial charge in [0.2, 0.25) is 5.75 Å². The summed E-state index contributed by atoms with van der Waals surface area (Å²) in [6.45, 7) is -0.0439. The van der Waals surface area contributed by atoms with Crippen LogP contribution in [0.15, 0.2) is 12.1 Å². The van der Waals surface area contributed by atoms with Crippen molar-refractivity contribution in [2.24, 2.45) is 0 Å². The highest BCUT2D eigenvalue weighted by Gasteiger charge is 2.13. The van der Waals surface area contributed by atoms with Gasteiger partial charge >= 0.3 is 0 Å². The molecule has 1 N–H and O–H groups in total. The fraction of sp³-hybridized carbons (Fsp3) is 0.500. The van der Waals surface area contributed by atoms with Crippen molar-refractivity contribution in [2.75, 3.05) is 27.9 Å². The average Bonchev–Trinajstić information content (AvgIpc) is 2.36. The van der Waals surface area contributed by atoms with Crippen LogP contribution in [0.3, 0.4) is 0 Å². The van der Waals surface area contributed by atoms with Crippen LogP contribution in [0.4, 0.5) is 8.78 Å². The molecule has 6 heteroatoms. The average molecular weight is 261 g/mol. The minimum atomic E-state index is -2.37. The molecule has 0 aromatic heterocycles. The van der Waals surface area contributed by atoms with Crippen molar-refractivity contribution in [1.82, 2.24) is 5.32 Å². The van der Waals surface area contributed by atoms with Gasteiger partial charge in [0.05, 0.1) is 27.9 Å². The van der Waals surface area contributed by atoms with Crippen LogP contribution in [0.25, 0.3) is 0 Å². The first-order valence-corrected chi connectivity index (χ1v) is 5.40. The van der Waals surface area contributed by atoms with E-state index in [4.69, 9.17) is 14.2 Å². The fourth-order valence-corrected chi connectivity index (χ4v) is 1.56. The number of nitrogens with one attached hydrogen (secondary N) is 1. The molecule has 1 aromatic rings. The third-order valence-corrected chi connectivity index (χ3v) is 2.35. The molecular weight excluding hydrogens is 244 g/mol. The fourth-order valence-electron chi connectivity index (χ4n) is 1.56. The standard InChI is InChI=1S/C12H17F2NO3/c1-16-9-4-8(6-15-7-11(13)14)5-10(17-2)12(9)18-3/h4-5,11,15H,6-7H2,1-3H3. The summed E-state index contributed by atoms with van der Waals surface area (Å²) in [6, 6.07) is 3.44. The highest BCUT2D eigenvalue weighted by Crippen LogP contribution is 2.38. The molecular formula is C12H17F2NO3. The Morgan fingerprint density at radius 2 is 1.61 bits per heavy atom. The maximum Gasteiger partial charge on any atom is 0.250 e. The van der Waals surface area contributed by atoms with E-state index in [1.807, 2.05) is 0 Å². The Labute approximate surface area is 105 Å². The Morgan fingerprint density at radius 1 is 1.06 bits per heavy atom. The molecule has 0 amide bonds. The second-order valence-electron chi connectivity index (χ2n) is 3.56. The van der Waals surface area contributed by atoms with Gasteiger partial charge in [0.1, 0.15) is 0 Å². The number of methoxy groups -OCH3 is 3. The van der Waals surface area contributed by atoms with E-state index in [1.54, 1.807) is 12.1 Å². The Balaban J connectivity index is 2.86. The molecule has 1 aromatic carbocycles. The number of rotatable bonds is 7. The summed E-state index contributed by atoms with van der Waals surface area (Å²) in [7, 11) is 4.52. The lowest BCUT2D eigenvalue weighted by Crippen LogP contribution is -2.20. The van der Waals surface area contributed by atoms with Crippen molar-refractivity contribution in [3.05, 3.63) is 17.7 Å². The Kier molecular flexibility index (Phi) is 5.64. The van der Waals surface area contributed by atoms with Crippen LogP contribution in [0.5, 0.6) is 17.2 Å². The van der Waals surface area contributed by atoms with E-state index < -0.39 is 6.43 Å². The smallest absolute Gasteiger partial charge is 0.250 e. The van der Waals surface area contributed by atoms with Gasteiger partial charge in [0, 0.05) is 6.54 Å². The highest BCUT2D eigenvalue weighted by molar-refractivity contribution is 5.53. The molecule has 102 valence electrons. The van der Waals surface area contributed by atoms with E-state index in [0.29, 0.717) is 23.8 Å². The molecule has 0 aliphatic rings. The van der Waals surface area contributed by atoms with Crippen LogP contribution in [-0.4, -0.2) is 34.3 Å². The van der Waals surface area contributed by atoms with Gasteiger partial charge < -0.3 is 19.5 Å². The van der Waals surface area contributed by atoms with Crippen molar-refractivity contribution in [1.29, 1.82) is 0 Å². The van der Waals surface area contributed by atoms with E-state index in [0.717, 1.165) is 5.56 Å². The van der Waals surface area contributed by atoms with Crippen molar-refractivity contribution >= 4 is 0 Å². The molecule has 0 bridgehead atoms. The molecule has 4 nitrogen and oxygen atoms in total. The number of halogens is 2. The number of benzene rings is 1. The molecule has 0 aliphatic heterocycles. The molecule has 0 atom stereocenters. The molecule has 0 unspecified atom stereocenters. The Bertz CT molecular complexity index is 361. The van der Waals surface area contributed by atoms with Crippen LogP contribution in [0.1, 0.15) is 5.56 Å². The first-order chi connectivity index (χ1) is 8.62. The Morgan fingerprint density at radius 3 is 2.00 bits per heavy atom. The second-order valence-corrected chi connectivity index (χ2v) is 3.56. The quantitative estimate of drug-likeness (QED) is 0.815. The lowest BCUT2D eigenvalue weighted by molar-refractivity contribution is 0.145. The third-order valence-electron chi connectivity index (χ3n) is 2.35. The van der Waals surface area contributed by atoms with Gasteiger partial charge in [-0.15, -0.1) is 0 Å². The summed E-state index contributed by atoms with van der Waals surface area (Å²) in [6.07, 6.45) is -2.37. The lowest BCUT2D eigenvalue weighted by atomic mass is 10.2. The summed E-state index contributed by atoms with van der Waals surface area (Å²) in [5.74, 6) is 1.49. The van der Waals surface area contributed by atoms with E-state index in [2.05, 4.69) is 5.32 Å². The van der Waals surface area contributed by atoms with Gasteiger partial charge in [-0.3, -0.25) is 0 Å². The zero-order chi connectivity index (χ0) is 13.5. The van der Waals surface area contributed by atoms with Crippen molar-refractivity contribution in [2.45, 2.75) is 13.0 Å². The van der Waals surface area contributed by atoms with Crippen molar-refractivity contribution in [3.8, 4) is 17.2 Å². The second kappa shape index (κ2) is 7.00. The van der Waals surface area contributed by atoms with Crippen LogP contribution in [-0.2, 0) is 6.54 Å². The first kappa shape index (κ1) is 14.5. The molecule has 0 fully saturated rings. The minimum absolute atomic E-state index is 0.307. The normalized spacial score (nSPS) is 10.6. The zero-order valence-electron chi connectivity index (χ0n) is 10.6. The predicted molar refractivity (Wildman–Crippen MR) is 63.8 cm³/mol. The Hall–Kier alpha value is -1.56. The number of alkyl halides is 2. The molecule has 0 radical (unpaired) electrons. The third kappa shape index (κ3) is 3.73. The summed E-state index contributed by atoms with van der Waals surface area (Å²) in [5.41, 5.74) is 0.783. The summed E-state index contributed by atoms with van der Waals surface area (Å²) in [4.78, 5) is 0. The van der Waals surface area contributed by atoms with Crippen LogP contribution in [0.2, 0.25) is 0 Å². The monoisotopic (exact) mass is 261 g/mol. The van der Waals surface area contributed by atoms with E-state index >= 15 is 0 Å². The van der Waals surface area contributed by atoms with E-state index in [1.165, 1.54) is 21.3 Å². The van der Waals surface area contributed by atoms with Gasteiger partial charge in [-0.25, -0.2) is 8.78 Å². The lowest BCUT2D eigenvalue weighted by Gasteiger charge is -2.14. The van der Waals surface area contributed by atoms with Gasteiger partial charge in [-0.05, 0) is 17.7 Å². The van der Waals surface area contributed by atoms with Crippen LogP contribution in [0, 0.1) is 0 Å². The largest absolute Gasteiger partial charge is 0.493 e. The zero-order valence-corrected chi connectivity index (χ0v) is 10.6. The van der Waals surface area contributed by atoms with Crippen LogP contribution >= 0.6 is 0 Å². The van der Waals surface area contributed by atoms with E-state index in [9.17, 15) is 8.78 Å². The van der Waals surface area contributed by atoms with Crippen molar-refractivity contribution in [3.63, 3.8) is 0 Å². The molecule has 0 saturated carbocycles. The van der Waals surface area contributed by atoms with Gasteiger partial charge in [-0.2, -0.15) is 0 Å². The highest BCUT2D eigenvalue weighted by atomic mass is 19.3. The molecule has 18 heavy (non-hydrogen) atoms.